The summed E-state index contributed by atoms with van der Waals surface area (Å²) >= 11 is 0. The van der Waals surface area contributed by atoms with Gasteiger partial charge >= 0.3 is 0 Å². The van der Waals surface area contributed by atoms with Crippen molar-refractivity contribution in [2.24, 2.45) is 0 Å². The largest absolute Gasteiger partial charge is 0.507 e. The molecule has 1 aromatic carbocycles. The van der Waals surface area contributed by atoms with E-state index in [9.17, 15) is 5.11 Å². The molecule has 0 spiro atoms. The predicted molar refractivity (Wildman–Crippen MR) is 58.7 cm³/mol. The summed E-state index contributed by atoms with van der Waals surface area (Å²) in [4.78, 5) is 8.46. The summed E-state index contributed by atoms with van der Waals surface area (Å²) in [5.74, 6) is 0.226. The summed E-state index contributed by atoms with van der Waals surface area (Å²) < 4.78 is 0. The first-order chi connectivity index (χ1) is 7.36. The number of phenols is 1. The van der Waals surface area contributed by atoms with Crippen LogP contribution in [0.2, 0.25) is 0 Å². The number of phenolic OH excluding ortho intramolecular Hbond substituents is 1. The van der Waals surface area contributed by atoms with Gasteiger partial charge in [0.25, 0.3) is 0 Å². The predicted octanol–water partition coefficient (Wildman–Crippen LogP) is 2.49. The molecule has 3 aromatic rings. The van der Waals surface area contributed by atoms with Gasteiger partial charge in [-0.1, -0.05) is 0 Å². The molecule has 3 nitrogen and oxygen atoms in total. The fourth-order valence-electron chi connectivity index (χ4n) is 1.77. The van der Waals surface area contributed by atoms with E-state index in [-0.39, 0.29) is 5.75 Å². The molecule has 0 saturated carbocycles. The van der Waals surface area contributed by atoms with Crippen LogP contribution in [0.1, 0.15) is 0 Å². The number of fused-ring (bicyclic) bond motifs is 3. The van der Waals surface area contributed by atoms with E-state index in [0.29, 0.717) is 0 Å². The second-order valence-corrected chi connectivity index (χ2v) is 3.37. The van der Waals surface area contributed by atoms with Gasteiger partial charge in [-0.15, -0.1) is 0 Å². The molecule has 2 heterocycles. The zero-order valence-corrected chi connectivity index (χ0v) is 7.88. The van der Waals surface area contributed by atoms with Gasteiger partial charge in [-0.25, -0.2) is 0 Å². The fraction of sp³-hybridized carbons (Fsp3) is 0. The minimum Gasteiger partial charge on any atom is -0.507 e. The summed E-state index contributed by atoms with van der Waals surface area (Å²) in [6, 6.07) is 9.15. The lowest BCUT2D eigenvalue weighted by molar-refractivity contribution is 0.482. The first-order valence-corrected chi connectivity index (χ1v) is 4.68. The fourth-order valence-corrected chi connectivity index (χ4v) is 1.77. The van der Waals surface area contributed by atoms with Crippen LogP contribution in [0, 0.1) is 0 Å². The minimum atomic E-state index is 0.226. The SMILES string of the molecule is Oc1cc2ncccc2c2ncccc12. The van der Waals surface area contributed by atoms with Crippen LogP contribution in [0.5, 0.6) is 5.75 Å². The van der Waals surface area contributed by atoms with Crippen molar-refractivity contribution < 1.29 is 5.11 Å². The number of aromatic nitrogens is 2. The maximum absolute atomic E-state index is 9.79. The van der Waals surface area contributed by atoms with E-state index >= 15 is 0 Å². The summed E-state index contributed by atoms with van der Waals surface area (Å²) in [5.41, 5.74) is 1.56. The van der Waals surface area contributed by atoms with Crippen LogP contribution in [-0.2, 0) is 0 Å². The molecule has 15 heavy (non-hydrogen) atoms. The Hall–Kier alpha value is -2.16. The number of benzene rings is 1. The second-order valence-electron chi connectivity index (χ2n) is 3.37. The third-order valence-corrected chi connectivity index (χ3v) is 2.45. The molecule has 0 unspecified atom stereocenters. The molecule has 0 saturated heterocycles. The first kappa shape index (κ1) is 8.17. The molecule has 0 bridgehead atoms. The topological polar surface area (TPSA) is 46.0 Å². The third-order valence-electron chi connectivity index (χ3n) is 2.45. The Labute approximate surface area is 86.0 Å². The van der Waals surface area contributed by atoms with E-state index in [4.69, 9.17) is 0 Å². The number of aromatic hydroxyl groups is 1. The van der Waals surface area contributed by atoms with Crippen molar-refractivity contribution in [2.75, 3.05) is 0 Å². The quantitative estimate of drug-likeness (QED) is 0.562. The Bertz CT molecular complexity index is 649. The molecule has 3 heteroatoms. The molecule has 0 fully saturated rings. The lowest BCUT2D eigenvalue weighted by Gasteiger charge is -2.03. The zero-order chi connectivity index (χ0) is 10.3. The molecular formula is C12H8N2O. The normalized spacial score (nSPS) is 10.9. The van der Waals surface area contributed by atoms with E-state index in [1.165, 1.54) is 0 Å². The lowest BCUT2D eigenvalue weighted by atomic mass is 10.1. The highest BCUT2D eigenvalue weighted by Gasteiger charge is 2.05. The van der Waals surface area contributed by atoms with Crippen molar-refractivity contribution in [3.63, 3.8) is 0 Å². The molecule has 2 aromatic heterocycles. The monoisotopic (exact) mass is 196 g/mol. The highest BCUT2D eigenvalue weighted by atomic mass is 16.3. The first-order valence-electron chi connectivity index (χ1n) is 4.68. The van der Waals surface area contributed by atoms with E-state index in [1.54, 1.807) is 18.5 Å². The molecule has 0 atom stereocenters. The molecule has 0 aliphatic carbocycles. The minimum absolute atomic E-state index is 0.226. The molecule has 1 N–H and O–H groups in total. The lowest BCUT2D eigenvalue weighted by Crippen LogP contribution is -1.83. The highest BCUT2D eigenvalue weighted by Crippen LogP contribution is 2.29. The summed E-state index contributed by atoms with van der Waals surface area (Å²) in [6.45, 7) is 0. The zero-order valence-electron chi connectivity index (χ0n) is 7.88. The Morgan fingerprint density at radius 1 is 0.933 bits per heavy atom. The maximum atomic E-state index is 9.79. The Morgan fingerprint density at radius 3 is 2.53 bits per heavy atom. The van der Waals surface area contributed by atoms with Crippen LogP contribution >= 0.6 is 0 Å². The van der Waals surface area contributed by atoms with Gasteiger partial charge in [-0.3, -0.25) is 9.97 Å². The van der Waals surface area contributed by atoms with Crippen molar-refractivity contribution in [1.29, 1.82) is 0 Å². The van der Waals surface area contributed by atoms with Crippen molar-refractivity contribution in [1.82, 2.24) is 9.97 Å². The van der Waals surface area contributed by atoms with Crippen LogP contribution in [0.15, 0.2) is 42.7 Å². The van der Waals surface area contributed by atoms with Crippen LogP contribution in [0.4, 0.5) is 0 Å². The maximum Gasteiger partial charge on any atom is 0.127 e. The number of rotatable bonds is 0. The number of hydrogen-bond acceptors (Lipinski definition) is 3. The van der Waals surface area contributed by atoms with Gasteiger partial charge in [-0.05, 0) is 24.3 Å². The smallest absolute Gasteiger partial charge is 0.127 e. The molecular weight excluding hydrogens is 188 g/mol. The van der Waals surface area contributed by atoms with E-state index in [2.05, 4.69) is 9.97 Å². The van der Waals surface area contributed by atoms with Crippen LogP contribution in [-0.4, -0.2) is 15.1 Å². The van der Waals surface area contributed by atoms with Crippen LogP contribution < -0.4 is 0 Å². The number of nitrogens with zero attached hydrogens (tertiary/aromatic N) is 2. The number of hydrogen-bond donors (Lipinski definition) is 1. The number of pyridine rings is 2. The van der Waals surface area contributed by atoms with Gasteiger partial charge in [0.05, 0.1) is 11.0 Å². The van der Waals surface area contributed by atoms with E-state index in [0.717, 1.165) is 21.8 Å². The van der Waals surface area contributed by atoms with Crippen molar-refractivity contribution in [3.8, 4) is 5.75 Å². The third kappa shape index (κ3) is 1.13. The Morgan fingerprint density at radius 2 is 1.67 bits per heavy atom. The summed E-state index contributed by atoms with van der Waals surface area (Å²) in [7, 11) is 0. The molecule has 0 aliphatic heterocycles. The Balaban J connectivity index is 2.64. The van der Waals surface area contributed by atoms with Crippen molar-refractivity contribution >= 4 is 21.8 Å². The van der Waals surface area contributed by atoms with Crippen molar-refractivity contribution in [2.45, 2.75) is 0 Å². The van der Waals surface area contributed by atoms with Crippen molar-refractivity contribution in [3.05, 3.63) is 42.7 Å². The van der Waals surface area contributed by atoms with E-state index in [1.807, 2.05) is 24.3 Å². The summed E-state index contributed by atoms with van der Waals surface area (Å²) in [5, 5.41) is 11.5. The molecule has 72 valence electrons. The van der Waals surface area contributed by atoms with E-state index < -0.39 is 0 Å². The van der Waals surface area contributed by atoms with Gasteiger partial charge in [0, 0.05) is 29.2 Å². The second kappa shape index (κ2) is 2.92. The molecule has 0 amide bonds. The van der Waals surface area contributed by atoms with Gasteiger partial charge in [0.15, 0.2) is 0 Å². The highest BCUT2D eigenvalue weighted by molar-refractivity contribution is 6.06. The van der Waals surface area contributed by atoms with Gasteiger partial charge in [0.1, 0.15) is 5.75 Å². The van der Waals surface area contributed by atoms with Crippen LogP contribution in [0.3, 0.4) is 0 Å². The molecule has 0 radical (unpaired) electrons. The van der Waals surface area contributed by atoms with Gasteiger partial charge in [-0.2, -0.15) is 0 Å². The van der Waals surface area contributed by atoms with Gasteiger partial charge < -0.3 is 5.11 Å². The van der Waals surface area contributed by atoms with Gasteiger partial charge in [0.2, 0.25) is 0 Å². The molecule has 3 rings (SSSR count). The summed E-state index contributed by atoms with van der Waals surface area (Å²) in [6.07, 6.45) is 3.42. The standard InChI is InChI=1S/C12H8N2O/c15-11-7-10-8(3-1-5-13-10)12-9(11)4-2-6-14-12/h1-7,15H. The van der Waals surface area contributed by atoms with Crippen LogP contribution in [0.25, 0.3) is 21.8 Å². The Kier molecular flexibility index (Phi) is 1.59. The molecule has 0 aliphatic rings. The average Bonchev–Trinajstić information content (AvgIpc) is 2.30. The average molecular weight is 196 g/mol.